The van der Waals surface area contributed by atoms with Crippen LogP contribution in [0.2, 0.25) is 0 Å². The predicted molar refractivity (Wildman–Crippen MR) is 266 cm³/mol. The van der Waals surface area contributed by atoms with Crippen molar-refractivity contribution in [2.24, 2.45) is 0 Å². The Morgan fingerprint density at radius 2 is 1.07 bits per heavy atom. The third-order valence-corrected chi connectivity index (χ3v) is 8.91. The van der Waals surface area contributed by atoms with E-state index < -0.39 is 6.16 Å². The van der Waals surface area contributed by atoms with E-state index >= 15 is 0 Å². The molecule has 0 saturated heterocycles. The van der Waals surface area contributed by atoms with Crippen molar-refractivity contribution >= 4 is 34.8 Å². The SMILES string of the molecule is C=CC(=O)OCCCCCCOC.C=CC(=O)OCCCCOC.CCCCCC(=O)OC.CCCCCCOC.CCCCOC(=O)OC.Cc1ccc2c(-c3noc(C)n3)cccc2c1. The summed E-state index contributed by atoms with van der Waals surface area (Å²) in [5.74, 6) is 0.448. The van der Waals surface area contributed by atoms with E-state index in [0.717, 1.165) is 101 Å². The third-order valence-electron chi connectivity index (χ3n) is 8.91. The molecule has 15 nitrogen and oxygen atoms in total. The zero-order valence-electron chi connectivity index (χ0n) is 42.8. The fraction of sp³-hybridized carbons (Fsp3) is 0.615. The van der Waals surface area contributed by atoms with Gasteiger partial charge < -0.3 is 42.4 Å². The number of rotatable bonds is 27. The molecule has 0 radical (unpaired) electrons. The van der Waals surface area contributed by atoms with Crippen LogP contribution < -0.4 is 0 Å². The first-order valence-corrected chi connectivity index (χ1v) is 23.5. The van der Waals surface area contributed by atoms with E-state index in [1.165, 1.54) is 56.9 Å². The van der Waals surface area contributed by atoms with Crippen LogP contribution in [0.25, 0.3) is 22.2 Å². The van der Waals surface area contributed by atoms with Gasteiger partial charge in [0.1, 0.15) is 0 Å². The fourth-order valence-electron chi connectivity index (χ4n) is 5.17. The second-order valence-corrected chi connectivity index (χ2v) is 14.8. The molecule has 0 aliphatic carbocycles. The highest BCUT2D eigenvalue weighted by Gasteiger charge is 2.09. The van der Waals surface area contributed by atoms with Crippen molar-refractivity contribution in [3.63, 3.8) is 0 Å². The number of hydrogen-bond donors (Lipinski definition) is 0. The number of carbonyl (C=O) groups is 4. The second kappa shape index (κ2) is 50.3. The average molecular weight is 947 g/mol. The number of aryl methyl sites for hydroxylation is 2. The number of aromatic nitrogens is 2. The molecule has 0 atom stereocenters. The van der Waals surface area contributed by atoms with Crippen LogP contribution in [0.4, 0.5) is 4.79 Å². The topological polar surface area (TPSA) is 181 Å². The van der Waals surface area contributed by atoms with Crippen LogP contribution in [0.1, 0.15) is 135 Å². The van der Waals surface area contributed by atoms with Crippen molar-refractivity contribution in [3.05, 3.63) is 73.2 Å². The number of nitrogens with zero attached hydrogens (tertiary/aromatic N) is 2. The molecule has 0 spiro atoms. The third kappa shape index (κ3) is 43.2. The number of esters is 3. The van der Waals surface area contributed by atoms with Crippen molar-refractivity contribution in [2.75, 3.05) is 75.2 Å². The first kappa shape index (κ1) is 66.2. The summed E-state index contributed by atoms with van der Waals surface area (Å²) in [7, 11) is 7.83. The first-order valence-electron chi connectivity index (χ1n) is 23.5. The van der Waals surface area contributed by atoms with Crippen molar-refractivity contribution < 1.29 is 61.6 Å². The second-order valence-electron chi connectivity index (χ2n) is 14.8. The summed E-state index contributed by atoms with van der Waals surface area (Å²) in [6.45, 7) is 20.7. The number of ether oxygens (including phenoxy) is 8. The van der Waals surface area contributed by atoms with Gasteiger partial charge in [-0.25, -0.2) is 14.4 Å². The average Bonchev–Trinajstić information content (AvgIpc) is 3.78. The molecular formula is C52H86N2O13. The lowest BCUT2D eigenvalue weighted by atomic mass is 10.0. The van der Waals surface area contributed by atoms with Gasteiger partial charge >= 0.3 is 24.1 Å². The Labute approximate surface area is 402 Å². The monoisotopic (exact) mass is 947 g/mol. The van der Waals surface area contributed by atoms with Crippen LogP contribution in [0.5, 0.6) is 0 Å². The lowest BCUT2D eigenvalue weighted by Gasteiger charge is -2.03. The van der Waals surface area contributed by atoms with Crippen LogP contribution in [-0.4, -0.2) is 109 Å². The maximum Gasteiger partial charge on any atom is 0.507 e. The lowest BCUT2D eigenvalue weighted by Crippen LogP contribution is -2.04. The number of benzene rings is 2. The Hall–Kier alpha value is -5.12. The summed E-state index contributed by atoms with van der Waals surface area (Å²) in [5.41, 5.74) is 2.26. The van der Waals surface area contributed by atoms with E-state index in [1.54, 1.807) is 28.3 Å². The van der Waals surface area contributed by atoms with Gasteiger partial charge in [-0.3, -0.25) is 4.79 Å². The highest BCUT2D eigenvalue weighted by Crippen LogP contribution is 2.27. The van der Waals surface area contributed by atoms with Gasteiger partial charge in [-0.2, -0.15) is 4.98 Å². The fourth-order valence-corrected chi connectivity index (χ4v) is 5.17. The number of carbonyl (C=O) groups excluding carboxylic acids is 4. The number of hydrogen-bond acceptors (Lipinski definition) is 15. The summed E-state index contributed by atoms with van der Waals surface area (Å²) in [6, 6.07) is 12.5. The van der Waals surface area contributed by atoms with Gasteiger partial charge in [-0.1, -0.05) is 126 Å². The Morgan fingerprint density at radius 3 is 1.55 bits per heavy atom. The normalized spacial score (nSPS) is 9.70. The maximum atomic E-state index is 10.6. The molecule has 0 fully saturated rings. The lowest BCUT2D eigenvalue weighted by molar-refractivity contribution is -0.141. The number of methoxy groups -OCH3 is 5. The van der Waals surface area contributed by atoms with Gasteiger partial charge in [-0.05, 0) is 69.1 Å². The summed E-state index contributed by atoms with van der Waals surface area (Å²) in [4.78, 5) is 46.0. The summed E-state index contributed by atoms with van der Waals surface area (Å²) in [6.07, 6.45) is 18.6. The van der Waals surface area contributed by atoms with E-state index in [2.05, 4.69) is 82.5 Å². The van der Waals surface area contributed by atoms with Crippen LogP contribution in [0.15, 0.2) is 66.2 Å². The summed E-state index contributed by atoms with van der Waals surface area (Å²) >= 11 is 0. The molecule has 0 bridgehead atoms. The minimum Gasteiger partial charge on any atom is -0.469 e. The zero-order valence-corrected chi connectivity index (χ0v) is 42.8. The van der Waals surface area contributed by atoms with Crippen LogP contribution in [-0.2, 0) is 52.3 Å². The number of fused-ring (bicyclic) bond motifs is 1. The molecule has 0 amide bonds. The summed E-state index contributed by atoms with van der Waals surface area (Å²) in [5, 5.41) is 6.32. The molecule has 15 heteroatoms. The molecule has 0 aliphatic rings. The van der Waals surface area contributed by atoms with Crippen LogP contribution in [0, 0.1) is 13.8 Å². The largest absolute Gasteiger partial charge is 0.507 e. The standard InChI is InChI=1S/C14H12N2O.C10H18O3.C8H14O3.C7H14O2.C7H16O.C6H12O3/c1-9-6-7-12-11(8-9)4-3-5-13(12)14-15-10(2)17-16-14;1-3-10(11)13-9-7-5-4-6-8-12-2;1-3-8(9)11-7-5-4-6-10-2;1-3-4-5-6-7(8)9-2;1-3-4-5-6-7-8-2;1-3-4-5-9-6(7)8-2/h3-8H,1-2H3;3H,1,4-9H2,2H3;3H,1,4-7H2,2H3;3-6H2,1-2H3;3-7H2,1-2H3;3-5H2,1-2H3. The van der Waals surface area contributed by atoms with E-state index in [0.29, 0.717) is 44.6 Å². The molecule has 3 aromatic rings. The van der Waals surface area contributed by atoms with Crippen LogP contribution in [0.3, 0.4) is 0 Å². The Morgan fingerprint density at radius 1 is 0.582 bits per heavy atom. The first-order chi connectivity index (χ1) is 32.4. The molecule has 1 aromatic heterocycles. The molecule has 1 heterocycles. The summed E-state index contributed by atoms with van der Waals surface area (Å²) < 4.78 is 42.4. The maximum absolute atomic E-state index is 10.6. The molecule has 3 rings (SSSR count). The minimum absolute atomic E-state index is 0.0940. The molecule has 67 heavy (non-hydrogen) atoms. The predicted octanol–water partition coefficient (Wildman–Crippen LogP) is 12.1. The van der Waals surface area contributed by atoms with Gasteiger partial charge in [-0.15, -0.1) is 0 Å². The Kier molecular flexibility index (Phi) is 49.7. The highest BCUT2D eigenvalue weighted by atomic mass is 16.7. The van der Waals surface area contributed by atoms with Crippen LogP contribution >= 0.6 is 0 Å². The van der Waals surface area contributed by atoms with E-state index in [4.69, 9.17) is 28.2 Å². The highest BCUT2D eigenvalue weighted by molar-refractivity contribution is 5.95. The number of unbranched alkanes of at least 4 members (excludes halogenated alkanes) is 10. The van der Waals surface area contributed by atoms with Gasteiger partial charge in [0.25, 0.3) is 0 Å². The minimum atomic E-state index is -0.594. The Balaban J connectivity index is -0.000000752. The molecule has 2 aromatic carbocycles. The van der Waals surface area contributed by atoms with Gasteiger partial charge in [0.2, 0.25) is 11.7 Å². The molecule has 0 aliphatic heterocycles. The van der Waals surface area contributed by atoms with E-state index in [9.17, 15) is 19.2 Å². The molecular weight excluding hydrogens is 861 g/mol. The molecule has 0 unspecified atom stereocenters. The Bertz CT molecular complexity index is 1630. The zero-order chi connectivity index (χ0) is 50.8. The quantitative estimate of drug-likeness (QED) is 0.0304. The van der Waals surface area contributed by atoms with E-state index in [1.807, 2.05) is 19.1 Å². The van der Waals surface area contributed by atoms with Crippen molar-refractivity contribution in [1.82, 2.24) is 10.1 Å². The van der Waals surface area contributed by atoms with Gasteiger partial charge in [0, 0.05) is 72.2 Å². The molecule has 0 N–H and O–H groups in total. The van der Waals surface area contributed by atoms with E-state index in [-0.39, 0.29) is 17.9 Å². The van der Waals surface area contributed by atoms with Crippen molar-refractivity contribution in [3.8, 4) is 11.4 Å². The van der Waals surface area contributed by atoms with Crippen molar-refractivity contribution in [1.29, 1.82) is 0 Å². The smallest absolute Gasteiger partial charge is 0.469 e. The molecule has 382 valence electrons. The van der Waals surface area contributed by atoms with Gasteiger partial charge in [0.05, 0.1) is 34.0 Å². The molecule has 0 saturated carbocycles. The van der Waals surface area contributed by atoms with Crippen molar-refractivity contribution in [2.45, 2.75) is 137 Å². The van der Waals surface area contributed by atoms with Gasteiger partial charge in [0.15, 0.2) is 0 Å².